The fourth-order valence-electron chi connectivity index (χ4n) is 2.32. The van der Waals surface area contributed by atoms with E-state index in [0.29, 0.717) is 0 Å². The Bertz CT molecular complexity index is 868. The molecular weight excluding hydrogens is 299 g/mol. The number of hydrogen-bond acceptors (Lipinski definition) is 3. The number of rotatable bonds is 2. The van der Waals surface area contributed by atoms with Crippen LogP contribution in [0.1, 0.15) is 11.3 Å². The second-order valence-corrected chi connectivity index (χ2v) is 4.78. The number of halogens is 3. The Kier molecular flexibility index (Phi) is 3.10. The molecule has 1 aromatic carbocycles. The standard InChI is InChI=1S/C15H10F3NO3/c16-15(17,18)14(21,12-6-3-7-19-12)10-8-9-4-1-2-5-11(9)22-13(10)20/h1-8,19,21H. The van der Waals surface area contributed by atoms with Crippen LogP contribution in [0.15, 0.2) is 57.9 Å². The van der Waals surface area contributed by atoms with E-state index in [-0.39, 0.29) is 11.0 Å². The Balaban J connectivity index is 2.35. The number of nitrogens with one attached hydrogen (secondary N) is 1. The van der Waals surface area contributed by atoms with Gasteiger partial charge in [0.1, 0.15) is 5.58 Å². The van der Waals surface area contributed by atoms with E-state index in [2.05, 4.69) is 4.98 Å². The second-order valence-electron chi connectivity index (χ2n) is 4.78. The molecule has 7 heteroatoms. The van der Waals surface area contributed by atoms with E-state index in [1.54, 1.807) is 12.1 Å². The van der Waals surface area contributed by atoms with Gasteiger partial charge in [0.2, 0.25) is 5.60 Å². The molecule has 114 valence electrons. The highest BCUT2D eigenvalue weighted by molar-refractivity contribution is 5.77. The van der Waals surface area contributed by atoms with Crippen LogP contribution in [0.2, 0.25) is 0 Å². The van der Waals surface area contributed by atoms with E-state index in [1.807, 2.05) is 0 Å². The average molecular weight is 309 g/mol. The number of alkyl halides is 3. The van der Waals surface area contributed by atoms with Crippen LogP contribution in [-0.2, 0) is 5.60 Å². The molecule has 3 rings (SSSR count). The van der Waals surface area contributed by atoms with Crippen molar-refractivity contribution in [2.24, 2.45) is 0 Å². The van der Waals surface area contributed by atoms with Gasteiger partial charge in [-0.2, -0.15) is 13.2 Å². The summed E-state index contributed by atoms with van der Waals surface area (Å²) in [5, 5.41) is 10.6. The summed E-state index contributed by atoms with van der Waals surface area (Å²) in [5.41, 5.74) is -6.01. The van der Waals surface area contributed by atoms with Crippen LogP contribution in [0, 0.1) is 0 Å². The van der Waals surface area contributed by atoms with Crippen molar-refractivity contribution in [2.45, 2.75) is 11.8 Å². The number of para-hydroxylation sites is 1. The maximum Gasteiger partial charge on any atom is 0.427 e. The highest BCUT2D eigenvalue weighted by Crippen LogP contribution is 2.42. The van der Waals surface area contributed by atoms with Crippen molar-refractivity contribution in [1.29, 1.82) is 0 Å². The number of fused-ring (bicyclic) bond motifs is 1. The molecule has 1 unspecified atom stereocenters. The molecule has 2 N–H and O–H groups in total. The zero-order chi connectivity index (χ0) is 16.0. The molecule has 0 saturated heterocycles. The lowest BCUT2D eigenvalue weighted by Crippen LogP contribution is -2.46. The molecule has 2 heterocycles. The van der Waals surface area contributed by atoms with Crippen LogP contribution >= 0.6 is 0 Å². The molecular formula is C15H10F3NO3. The minimum Gasteiger partial charge on any atom is -0.422 e. The van der Waals surface area contributed by atoms with Crippen molar-refractivity contribution in [3.05, 3.63) is 70.3 Å². The molecule has 0 aliphatic heterocycles. The van der Waals surface area contributed by atoms with Gasteiger partial charge in [0.05, 0.1) is 11.3 Å². The Morgan fingerprint density at radius 1 is 1.09 bits per heavy atom. The molecule has 22 heavy (non-hydrogen) atoms. The van der Waals surface area contributed by atoms with Crippen LogP contribution in [0.25, 0.3) is 11.0 Å². The fraction of sp³-hybridized carbons (Fsp3) is 0.133. The van der Waals surface area contributed by atoms with E-state index in [1.165, 1.54) is 24.4 Å². The van der Waals surface area contributed by atoms with Crippen LogP contribution < -0.4 is 5.63 Å². The molecule has 0 fully saturated rings. The molecule has 0 bridgehead atoms. The smallest absolute Gasteiger partial charge is 0.422 e. The van der Waals surface area contributed by atoms with Crippen molar-refractivity contribution >= 4 is 11.0 Å². The Labute approximate surface area is 121 Å². The van der Waals surface area contributed by atoms with E-state index in [9.17, 15) is 23.1 Å². The van der Waals surface area contributed by atoms with Crippen LogP contribution in [-0.4, -0.2) is 16.3 Å². The monoisotopic (exact) mass is 309 g/mol. The number of benzene rings is 1. The fourth-order valence-corrected chi connectivity index (χ4v) is 2.32. The molecule has 3 aromatic rings. The van der Waals surface area contributed by atoms with Crippen molar-refractivity contribution < 1.29 is 22.7 Å². The van der Waals surface area contributed by atoms with Crippen molar-refractivity contribution in [1.82, 2.24) is 4.98 Å². The molecule has 0 saturated carbocycles. The summed E-state index contributed by atoms with van der Waals surface area (Å²) >= 11 is 0. The number of aromatic amines is 1. The molecule has 1 atom stereocenters. The summed E-state index contributed by atoms with van der Waals surface area (Å²) in [7, 11) is 0. The van der Waals surface area contributed by atoms with Gasteiger partial charge in [-0.1, -0.05) is 18.2 Å². The van der Waals surface area contributed by atoms with Crippen LogP contribution in [0.5, 0.6) is 0 Å². The molecule has 0 aliphatic carbocycles. The van der Waals surface area contributed by atoms with Gasteiger partial charge in [-0.3, -0.25) is 0 Å². The number of H-pyrrole nitrogens is 1. The highest BCUT2D eigenvalue weighted by Gasteiger charge is 2.59. The zero-order valence-corrected chi connectivity index (χ0v) is 11.0. The molecule has 0 aliphatic rings. The third-order valence-electron chi connectivity index (χ3n) is 3.43. The van der Waals surface area contributed by atoms with E-state index >= 15 is 0 Å². The summed E-state index contributed by atoms with van der Waals surface area (Å²) in [4.78, 5) is 14.3. The first kappa shape index (κ1) is 14.4. The first-order valence-corrected chi connectivity index (χ1v) is 6.30. The predicted octanol–water partition coefficient (Wildman–Crippen LogP) is 2.92. The van der Waals surface area contributed by atoms with Gasteiger partial charge in [0.15, 0.2) is 0 Å². The summed E-state index contributed by atoms with van der Waals surface area (Å²) < 4.78 is 45.4. The van der Waals surface area contributed by atoms with Crippen molar-refractivity contribution in [3.8, 4) is 0 Å². The quantitative estimate of drug-likeness (QED) is 0.715. The van der Waals surface area contributed by atoms with Gasteiger partial charge >= 0.3 is 11.8 Å². The maximum atomic E-state index is 13.5. The molecule has 0 amide bonds. The van der Waals surface area contributed by atoms with Gasteiger partial charge in [0.25, 0.3) is 0 Å². The summed E-state index contributed by atoms with van der Waals surface area (Å²) in [6.45, 7) is 0. The van der Waals surface area contributed by atoms with Gasteiger partial charge in [-0.25, -0.2) is 4.79 Å². The molecule has 4 nitrogen and oxygen atoms in total. The third-order valence-corrected chi connectivity index (χ3v) is 3.43. The first-order valence-electron chi connectivity index (χ1n) is 6.30. The lowest BCUT2D eigenvalue weighted by atomic mass is 9.90. The highest BCUT2D eigenvalue weighted by atomic mass is 19.4. The summed E-state index contributed by atoms with van der Waals surface area (Å²) in [5.74, 6) is 0. The van der Waals surface area contributed by atoms with Crippen LogP contribution in [0.3, 0.4) is 0 Å². The largest absolute Gasteiger partial charge is 0.427 e. The van der Waals surface area contributed by atoms with Crippen LogP contribution in [0.4, 0.5) is 13.2 Å². The third kappa shape index (κ3) is 2.01. The molecule has 0 radical (unpaired) electrons. The predicted molar refractivity (Wildman–Crippen MR) is 72.3 cm³/mol. The Morgan fingerprint density at radius 2 is 1.82 bits per heavy atom. The molecule has 0 spiro atoms. The second kappa shape index (κ2) is 4.74. The number of aliphatic hydroxyl groups is 1. The zero-order valence-electron chi connectivity index (χ0n) is 11.0. The normalized spacial score (nSPS) is 14.9. The SMILES string of the molecule is O=c1oc2ccccc2cc1C(O)(c1ccc[nH]1)C(F)(F)F. The topological polar surface area (TPSA) is 66.2 Å². The minimum atomic E-state index is -5.10. The van der Waals surface area contributed by atoms with E-state index in [4.69, 9.17) is 4.42 Å². The van der Waals surface area contributed by atoms with Gasteiger partial charge in [-0.15, -0.1) is 0 Å². The lowest BCUT2D eigenvalue weighted by Gasteiger charge is -2.29. The maximum absolute atomic E-state index is 13.5. The average Bonchev–Trinajstić information content (AvgIpc) is 2.99. The van der Waals surface area contributed by atoms with Crippen molar-refractivity contribution in [3.63, 3.8) is 0 Å². The lowest BCUT2D eigenvalue weighted by molar-refractivity contribution is -0.250. The number of aromatic nitrogens is 1. The van der Waals surface area contributed by atoms with Crippen molar-refractivity contribution in [2.75, 3.05) is 0 Å². The minimum absolute atomic E-state index is 0.146. The van der Waals surface area contributed by atoms with E-state index in [0.717, 1.165) is 12.1 Å². The summed E-state index contributed by atoms with van der Waals surface area (Å²) in [6.07, 6.45) is -3.87. The molecule has 2 aromatic heterocycles. The summed E-state index contributed by atoms with van der Waals surface area (Å²) in [6, 6.07) is 9.49. The van der Waals surface area contributed by atoms with Gasteiger partial charge in [0, 0.05) is 11.6 Å². The first-order chi connectivity index (χ1) is 10.3. The van der Waals surface area contributed by atoms with E-state index < -0.39 is 28.7 Å². The van der Waals surface area contributed by atoms with Gasteiger partial charge < -0.3 is 14.5 Å². The van der Waals surface area contributed by atoms with Gasteiger partial charge in [-0.05, 0) is 24.3 Å². The Hall–Kier alpha value is -2.54. The number of hydrogen-bond donors (Lipinski definition) is 2. The Morgan fingerprint density at radius 3 is 2.45 bits per heavy atom.